The maximum atomic E-state index is 11.7. The van der Waals surface area contributed by atoms with Crippen LogP contribution in [0.1, 0.15) is 45.6 Å². The molecule has 4 heteroatoms. The molecule has 0 aromatic heterocycles. The van der Waals surface area contributed by atoms with Crippen molar-refractivity contribution in [3.63, 3.8) is 0 Å². The second-order valence-corrected chi connectivity index (χ2v) is 5.26. The van der Waals surface area contributed by atoms with E-state index in [9.17, 15) is 4.79 Å². The third-order valence-corrected chi connectivity index (χ3v) is 3.37. The Morgan fingerprint density at radius 3 is 2.73 bits per heavy atom. The lowest BCUT2D eigenvalue weighted by atomic mass is 10.2. The van der Waals surface area contributed by atoms with Crippen molar-refractivity contribution >= 4 is 12.0 Å². The first-order chi connectivity index (χ1) is 10.6. The van der Waals surface area contributed by atoms with Crippen molar-refractivity contribution in [2.45, 2.75) is 46.1 Å². The van der Waals surface area contributed by atoms with Gasteiger partial charge in [0.15, 0.2) is 11.5 Å². The molecule has 1 aromatic carbocycles. The molecule has 0 heterocycles. The summed E-state index contributed by atoms with van der Waals surface area (Å²) in [5, 5.41) is 2.89. The minimum Gasteiger partial charge on any atom is -0.493 e. The molecule has 0 aliphatic rings. The second kappa shape index (κ2) is 9.87. The summed E-state index contributed by atoms with van der Waals surface area (Å²) < 4.78 is 11.0. The Hall–Kier alpha value is -1.97. The van der Waals surface area contributed by atoms with Crippen molar-refractivity contribution in [2.75, 3.05) is 13.7 Å². The van der Waals surface area contributed by atoms with Crippen LogP contribution in [0.2, 0.25) is 0 Å². The van der Waals surface area contributed by atoms with E-state index in [4.69, 9.17) is 9.47 Å². The Morgan fingerprint density at radius 1 is 1.32 bits per heavy atom. The number of nitrogens with one attached hydrogen (secondary N) is 1. The van der Waals surface area contributed by atoms with E-state index in [-0.39, 0.29) is 11.9 Å². The average molecular weight is 305 g/mol. The molecule has 22 heavy (non-hydrogen) atoms. The molecule has 0 aliphatic heterocycles. The Balaban J connectivity index is 2.70. The lowest BCUT2D eigenvalue weighted by Gasteiger charge is -2.11. The number of methoxy groups -OCH3 is 1. The smallest absolute Gasteiger partial charge is 0.244 e. The first kappa shape index (κ1) is 18.1. The highest BCUT2D eigenvalue weighted by atomic mass is 16.5. The van der Waals surface area contributed by atoms with Gasteiger partial charge in [-0.05, 0) is 43.5 Å². The number of benzene rings is 1. The zero-order valence-corrected chi connectivity index (χ0v) is 14.0. The number of unbranched alkanes of at least 4 members (excludes halogenated alkanes) is 1. The van der Waals surface area contributed by atoms with Crippen LogP contribution in [-0.2, 0) is 4.79 Å². The fourth-order valence-electron chi connectivity index (χ4n) is 1.80. The van der Waals surface area contributed by atoms with E-state index in [1.807, 2.05) is 32.0 Å². The zero-order chi connectivity index (χ0) is 16.4. The summed E-state index contributed by atoms with van der Waals surface area (Å²) in [6, 6.07) is 5.84. The van der Waals surface area contributed by atoms with E-state index in [1.54, 1.807) is 19.3 Å². The number of carbonyl (C=O) groups is 1. The minimum atomic E-state index is -0.0865. The monoisotopic (exact) mass is 305 g/mol. The highest BCUT2D eigenvalue weighted by Crippen LogP contribution is 2.28. The van der Waals surface area contributed by atoms with Gasteiger partial charge in [0.25, 0.3) is 0 Å². The van der Waals surface area contributed by atoms with Crippen molar-refractivity contribution in [3.8, 4) is 11.5 Å². The van der Waals surface area contributed by atoms with Gasteiger partial charge >= 0.3 is 0 Å². The number of hydrogen-bond donors (Lipinski definition) is 1. The standard InChI is InChI=1S/C18H27NO3/c1-5-7-12-22-16-10-8-15(13-17(16)21-4)9-11-18(20)19-14(3)6-2/h8-11,13-14H,5-7,12H2,1-4H3,(H,19,20)/b11-9+. The zero-order valence-electron chi connectivity index (χ0n) is 14.0. The molecule has 1 amide bonds. The number of carbonyl (C=O) groups excluding carboxylic acids is 1. The quantitative estimate of drug-likeness (QED) is 0.557. The predicted molar refractivity (Wildman–Crippen MR) is 90.3 cm³/mol. The molecule has 1 unspecified atom stereocenters. The molecule has 0 spiro atoms. The van der Waals surface area contributed by atoms with Crippen molar-refractivity contribution in [3.05, 3.63) is 29.8 Å². The van der Waals surface area contributed by atoms with E-state index in [1.165, 1.54) is 0 Å². The van der Waals surface area contributed by atoms with E-state index in [2.05, 4.69) is 12.2 Å². The molecule has 1 N–H and O–H groups in total. The summed E-state index contributed by atoms with van der Waals surface area (Å²) in [5.41, 5.74) is 0.902. The summed E-state index contributed by atoms with van der Waals surface area (Å²) in [7, 11) is 1.62. The molecule has 0 saturated carbocycles. The average Bonchev–Trinajstić information content (AvgIpc) is 2.53. The molecule has 122 valence electrons. The molecule has 0 fully saturated rings. The van der Waals surface area contributed by atoms with Gasteiger partial charge in [0.1, 0.15) is 0 Å². The van der Waals surface area contributed by atoms with Gasteiger partial charge in [-0.3, -0.25) is 4.79 Å². The molecular weight excluding hydrogens is 278 g/mol. The van der Waals surface area contributed by atoms with Crippen molar-refractivity contribution in [2.24, 2.45) is 0 Å². The van der Waals surface area contributed by atoms with Crippen LogP contribution in [0, 0.1) is 0 Å². The molecule has 0 saturated heterocycles. The maximum absolute atomic E-state index is 11.7. The summed E-state index contributed by atoms with van der Waals surface area (Å²) in [6.07, 6.45) is 6.33. The largest absolute Gasteiger partial charge is 0.493 e. The molecule has 4 nitrogen and oxygen atoms in total. The molecule has 0 bridgehead atoms. The van der Waals surface area contributed by atoms with E-state index >= 15 is 0 Å². The van der Waals surface area contributed by atoms with E-state index in [0.29, 0.717) is 12.4 Å². The topological polar surface area (TPSA) is 47.6 Å². The van der Waals surface area contributed by atoms with Crippen LogP contribution in [-0.4, -0.2) is 25.7 Å². The third kappa shape index (κ3) is 6.20. The number of amides is 1. The van der Waals surface area contributed by atoms with Gasteiger partial charge in [0.05, 0.1) is 13.7 Å². The van der Waals surface area contributed by atoms with Gasteiger partial charge in [-0.25, -0.2) is 0 Å². The first-order valence-corrected chi connectivity index (χ1v) is 7.90. The van der Waals surface area contributed by atoms with Crippen LogP contribution < -0.4 is 14.8 Å². The van der Waals surface area contributed by atoms with Crippen LogP contribution >= 0.6 is 0 Å². The fraction of sp³-hybridized carbons (Fsp3) is 0.500. The first-order valence-electron chi connectivity index (χ1n) is 7.90. The lowest BCUT2D eigenvalue weighted by molar-refractivity contribution is -0.117. The van der Waals surface area contributed by atoms with Crippen LogP contribution in [0.15, 0.2) is 24.3 Å². The molecule has 0 radical (unpaired) electrons. The predicted octanol–water partition coefficient (Wildman–Crippen LogP) is 3.80. The number of ether oxygens (including phenoxy) is 2. The van der Waals surface area contributed by atoms with Crippen LogP contribution in [0.3, 0.4) is 0 Å². The Kier molecular flexibility index (Phi) is 8.11. The number of hydrogen-bond acceptors (Lipinski definition) is 3. The van der Waals surface area contributed by atoms with Gasteiger partial charge < -0.3 is 14.8 Å². The lowest BCUT2D eigenvalue weighted by Crippen LogP contribution is -2.30. The SMILES string of the molecule is CCCCOc1ccc(/C=C/C(=O)NC(C)CC)cc1OC. The summed E-state index contributed by atoms with van der Waals surface area (Å²) in [4.78, 5) is 11.7. The van der Waals surface area contributed by atoms with Crippen LogP contribution in [0.25, 0.3) is 6.08 Å². The van der Waals surface area contributed by atoms with E-state index < -0.39 is 0 Å². The highest BCUT2D eigenvalue weighted by Gasteiger charge is 2.05. The molecule has 1 rings (SSSR count). The van der Waals surface area contributed by atoms with Crippen molar-refractivity contribution in [1.29, 1.82) is 0 Å². The summed E-state index contributed by atoms with van der Waals surface area (Å²) >= 11 is 0. The summed E-state index contributed by atoms with van der Waals surface area (Å²) in [6.45, 7) is 6.83. The van der Waals surface area contributed by atoms with Crippen molar-refractivity contribution in [1.82, 2.24) is 5.32 Å². The van der Waals surface area contributed by atoms with E-state index in [0.717, 1.165) is 30.6 Å². The molecule has 0 aliphatic carbocycles. The van der Waals surface area contributed by atoms with Gasteiger partial charge in [-0.15, -0.1) is 0 Å². The van der Waals surface area contributed by atoms with Crippen LogP contribution in [0.5, 0.6) is 11.5 Å². The number of rotatable bonds is 9. The van der Waals surface area contributed by atoms with Gasteiger partial charge in [-0.2, -0.15) is 0 Å². The van der Waals surface area contributed by atoms with Gasteiger partial charge in [0.2, 0.25) is 5.91 Å². The Labute approximate surface area is 133 Å². The molecule has 1 aromatic rings. The highest BCUT2D eigenvalue weighted by molar-refractivity contribution is 5.91. The summed E-state index contributed by atoms with van der Waals surface area (Å²) in [5.74, 6) is 1.33. The Morgan fingerprint density at radius 2 is 2.09 bits per heavy atom. The van der Waals surface area contributed by atoms with Crippen LogP contribution in [0.4, 0.5) is 0 Å². The Bertz CT molecular complexity index is 497. The minimum absolute atomic E-state index is 0.0865. The maximum Gasteiger partial charge on any atom is 0.244 e. The van der Waals surface area contributed by atoms with Crippen molar-refractivity contribution < 1.29 is 14.3 Å². The normalized spacial score (nSPS) is 12.2. The van der Waals surface area contributed by atoms with Gasteiger partial charge in [-0.1, -0.05) is 26.3 Å². The second-order valence-electron chi connectivity index (χ2n) is 5.26. The third-order valence-electron chi connectivity index (χ3n) is 3.37. The molecular formula is C18H27NO3. The van der Waals surface area contributed by atoms with Gasteiger partial charge in [0, 0.05) is 12.1 Å². The fourth-order valence-corrected chi connectivity index (χ4v) is 1.80. The molecule has 1 atom stereocenters.